The highest BCUT2D eigenvalue weighted by molar-refractivity contribution is 6.11. The average molecular weight is 351 g/mol. The lowest BCUT2D eigenvalue weighted by atomic mass is 9.86. The van der Waals surface area contributed by atoms with Crippen molar-refractivity contribution in [2.45, 2.75) is 5.60 Å². The smallest absolute Gasteiger partial charge is 0.376 e. The number of non-ortho nitro benzene ring substituents is 1. The van der Waals surface area contributed by atoms with Crippen LogP contribution in [0.1, 0.15) is 5.56 Å². The highest BCUT2D eigenvalue weighted by atomic mass is 16.6. The largest absolute Gasteiger partial charge is 0.489 e. The van der Waals surface area contributed by atoms with Crippen molar-refractivity contribution in [2.24, 2.45) is 0 Å². The van der Waals surface area contributed by atoms with E-state index in [1.54, 1.807) is 0 Å². The van der Waals surface area contributed by atoms with E-state index in [1.165, 1.54) is 12.1 Å². The summed E-state index contributed by atoms with van der Waals surface area (Å²) in [5.74, 6) is -3.74. The Morgan fingerprint density at radius 1 is 1.12 bits per heavy atom. The Bertz CT molecular complexity index is 781. The summed E-state index contributed by atoms with van der Waals surface area (Å²) in [4.78, 5) is 46.9. The normalized spacial score (nSPS) is 19.2. The van der Waals surface area contributed by atoms with Crippen molar-refractivity contribution in [1.82, 2.24) is 0 Å². The predicted molar refractivity (Wildman–Crippen MR) is 78.9 cm³/mol. The monoisotopic (exact) mass is 351 g/mol. The zero-order chi connectivity index (χ0) is 18.8. The van der Waals surface area contributed by atoms with Gasteiger partial charge >= 0.3 is 17.9 Å². The summed E-state index contributed by atoms with van der Waals surface area (Å²) in [6, 6.07) is 4.52. The number of carbonyl (C=O) groups excluding carboxylic acids is 3. The number of rotatable bonds is 5. The van der Waals surface area contributed by atoms with Crippen LogP contribution in [0.4, 0.5) is 5.69 Å². The number of nitrogens with zero attached hydrogens (tertiary/aromatic N) is 1. The molecule has 0 bridgehead atoms. The molecular weight excluding hydrogens is 338 g/mol. The first-order valence-corrected chi connectivity index (χ1v) is 6.77. The zero-order valence-electron chi connectivity index (χ0n) is 13.4. The number of esters is 3. The number of hydrogen-bond donors (Lipinski definition) is 0. The number of hydrogen-bond acceptors (Lipinski definition) is 9. The molecular formula is C15H13NO9. The molecule has 1 aromatic carbocycles. The van der Waals surface area contributed by atoms with Gasteiger partial charge in [-0.2, -0.15) is 0 Å². The second-order valence-corrected chi connectivity index (χ2v) is 4.77. The molecule has 0 radical (unpaired) electrons. The van der Waals surface area contributed by atoms with Crippen LogP contribution in [0.5, 0.6) is 0 Å². The van der Waals surface area contributed by atoms with E-state index in [-0.39, 0.29) is 11.3 Å². The molecule has 0 fully saturated rings. The molecule has 0 aromatic heterocycles. The van der Waals surface area contributed by atoms with Crippen LogP contribution in [0.2, 0.25) is 0 Å². The molecule has 0 N–H and O–H groups in total. The van der Waals surface area contributed by atoms with Gasteiger partial charge in [-0.1, -0.05) is 0 Å². The van der Waals surface area contributed by atoms with Crippen molar-refractivity contribution < 1.29 is 38.3 Å². The molecule has 132 valence electrons. The van der Waals surface area contributed by atoms with Gasteiger partial charge in [-0.3, -0.25) is 10.1 Å². The minimum Gasteiger partial charge on any atom is -0.489 e. The number of methoxy groups -OCH3 is 3. The Hall–Kier alpha value is -3.43. The van der Waals surface area contributed by atoms with E-state index in [4.69, 9.17) is 9.47 Å². The lowest BCUT2D eigenvalue weighted by molar-refractivity contribution is -0.384. The fraction of sp³-hybridized carbons (Fsp3) is 0.267. The third-order valence-corrected chi connectivity index (χ3v) is 3.56. The Balaban J connectivity index is 2.76. The third kappa shape index (κ3) is 2.67. The van der Waals surface area contributed by atoms with Crippen LogP contribution in [0.3, 0.4) is 0 Å². The first kappa shape index (κ1) is 17.9. The fourth-order valence-corrected chi connectivity index (χ4v) is 2.45. The number of benzene rings is 1. The molecule has 10 heteroatoms. The SMILES string of the molecule is COC(=O)C1=C(OC)C(=O)OC1(C(=O)OC)c1ccc([N+](=O)[O-])cc1. The van der Waals surface area contributed by atoms with E-state index in [9.17, 15) is 24.5 Å². The van der Waals surface area contributed by atoms with Gasteiger partial charge in [0, 0.05) is 17.7 Å². The lowest BCUT2D eigenvalue weighted by Gasteiger charge is -2.26. The number of nitro benzene ring substituents is 1. The van der Waals surface area contributed by atoms with Crippen molar-refractivity contribution in [2.75, 3.05) is 21.3 Å². The third-order valence-electron chi connectivity index (χ3n) is 3.56. The second-order valence-electron chi connectivity index (χ2n) is 4.77. The molecule has 25 heavy (non-hydrogen) atoms. The Labute approximate surface area is 141 Å². The van der Waals surface area contributed by atoms with Crippen LogP contribution in [0.25, 0.3) is 0 Å². The van der Waals surface area contributed by atoms with Gasteiger partial charge in [0.15, 0.2) is 0 Å². The van der Waals surface area contributed by atoms with Gasteiger partial charge < -0.3 is 18.9 Å². The van der Waals surface area contributed by atoms with Crippen LogP contribution in [-0.2, 0) is 38.9 Å². The van der Waals surface area contributed by atoms with E-state index in [1.807, 2.05) is 0 Å². The fourth-order valence-electron chi connectivity index (χ4n) is 2.45. The van der Waals surface area contributed by atoms with Crippen molar-refractivity contribution in [3.8, 4) is 0 Å². The van der Waals surface area contributed by atoms with E-state index in [0.717, 1.165) is 33.5 Å². The second kappa shape index (κ2) is 6.59. The zero-order valence-corrected chi connectivity index (χ0v) is 13.4. The summed E-state index contributed by atoms with van der Waals surface area (Å²) < 4.78 is 19.3. The van der Waals surface area contributed by atoms with Crippen molar-refractivity contribution in [3.63, 3.8) is 0 Å². The Kier molecular flexibility index (Phi) is 4.72. The summed E-state index contributed by atoms with van der Waals surface area (Å²) >= 11 is 0. The average Bonchev–Trinajstić information content (AvgIpc) is 2.93. The quantitative estimate of drug-likeness (QED) is 0.323. The molecule has 0 saturated heterocycles. The highest BCUT2D eigenvalue weighted by Gasteiger charge is 2.60. The molecule has 1 atom stereocenters. The minimum atomic E-state index is -2.29. The lowest BCUT2D eigenvalue weighted by Crippen LogP contribution is -2.42. The topological polar surface area (TPSA) is 131 Å². The summed E-state index contributed by atoms with van der Waals surface area (Å²) in [6.07, 6.45) is 0. The van der Waals surface area contributed by atoms with Crippen LogP contribution in [-0.4, -0.2) is 44.2 Å². The maximum atomic E-state index is 12.5. The summed E-state index contributed by atoms with van der Waals surface area (Å²) in [7, 11) is 3.19. The number of ether oxygens (including phenoxy) is 4. The highest BCUT2D eigenvalue weighted by Crippen LogP contribution is 2.43. The van der Waals surface area contributed by atoms with Gasteiger partial charge in [-0.05, 0) is 12.1 Å². The minimum absolute atomic E-state index is 0.0363. The molecule has 1 aromatic rings. The molecule has 10 nitrogen and oxygen atoms in total. The summed E-state index contributed by atoms with van der Waals surface area (Å²) in [6.45, 7) is 0. The Morgan fingerprint density at radius 3 is 2.16 bits per heavy atom. The number of cyclic esters (lactones) is 1. The van der Waals surface area contributed by atoms with Gasteiger partial charge in [0.1, 0.15) is 5.57 Å². The van der Waals surface area contributed by atoms with E-state index in [2.05, 4.69) is 9.47 Å². The van der Waals surface area contributed by atoms with Crippen LogP contribution < -0.4 is 0 Å². The van der Waals surface area contributed by atoms with Crippen LogP contribution in [0, 0.1) is 10.1 Å². The van der Waals surface area contributed by atoms with Crippen LogP contribution >= 0.6 is 0 Å². The molecule has 1 heterocycles. The van der Waals surface area contributed by atoms with Gasteiger partial charge in [0.05, 0.1) is 26.3 Å². The van der Waals surface area contributed by atoms with Gasteiger partial charge in [0.2, 0.25) is 5.76 Å². The molecule has 0 aliphatic carbocycles. The molecule has 1 unspecified atom stereocenters. The Morgan fingerprint density at radius 2 is 1.72 bits per heavy atom. The van der Waals surface area contributed by atoms with Crippen molar-refractivity contribution in [1.29, 1.82) is 0 Å². The molecule has 0 spiro atoms. The molecule has 0 amide bonds. The van der Waals surface area contributed by atoms with Gasteiger partial charge in [-0.15, -0.1) is 0 Å². The molecule has 0 saturated carbocycles. The van der Waals surface area contributed by atoms with Crippen LogP contribution in [0.15, 0.2) is 35.6 Å². The number of nitro groups is 1. The molecule has 1 aliphatic heterocycles. The van der Waals surface area contributed by atoms with Crippen molar-refractivity contribution >= 4 is 23.6 Å². The van der Waals surface area contributed by atoms with Gasteiger partial charge in [-0.25, -0.2) is 14.4 Å². The number of carbonyl (C=O) groups is 3. The maximum absolute atomic E-state index is 12.5. The van der Waals surface area contributed by atoms with Gasteiger partial charge in [0.25, 0.3) is 11.3 Å². The molecule has 1 aliphatic rings. The maximum Gasteiger partial charge on any atom is 0.376 e. The first-order valence-electron chi connectivity index (χ1n) is 6.77. The molecule has 2 rings (SSSR count). The summed E-state index contributed by atoms with van der Waals surface area (Å²) in [5, 5.41) is 10.8. The van der Waals surface area contributed by atoms with Crippen molar-refractivity contribution in [3.05, 3.63) is 51.3 Å². The predicted octanol–water partition coefficient (Wildman–Crippen LogP) is 0.593. The summed E-state index contributed by atoms with van der Waals surface area (Å²) in [5.41, 5.74) is -3.10. The van der Waals surface area contributed by atoms with E-state index >= 15 is 0 Å². The van der Waals surface area contributed by atoms with E-state index in [0.29, 0.717) is 0 Å². The first-order chi connectivity index (χ1) is 11.8. The standard InChI is InChI=1S/C15H13NO9/c1-22-11-10(12(17)23-2)15(14(19)24-3,25-13(11)18)8-4-6-9(7-5-8)16(20)21/h4-7H,1-3H3. The van der Waals surface area contributed by atoms with E-state index < -0.39 is 39.8 Å².